The fourth-order valence-corrected chi connectivity index (χ4v) is 1.49. The molecule has 3 heteroatoms. The molecule has 1 aromatic rings. The molecule has 0 aromatic carbocycles. The van der Waals surface area contributed by atoms with Crippen molar-refractivity contribution in [2.24, 2.45) is 5.73 Å². The van der Waals surface area contributed by atoms with Gasteiger partial charge in [0.1, 0.15) is 0 Å². The SMILES string of the molecule is NC1(c2ccncc2Cl)CC1. The lowest BCUT2D eigenvalue weighted by molar-refractivity contribution is 0.738. The van der Waals surface area contributed by atoms with Gasteiger partial charge in [-0.05, 0) is 24.5 Å². The fraction of sp³-hybridized carbons (Fsp3) is 0.375. The second-order valence-corrected chi connectivity index (χ2v) is 3.42. The van der Waals surface area contributed by atoms with E-state index in [4.69, 9.17) is 17.3 Å². The molecule has 1 fully saturated rings. The average molecular weight is 169 g/mol. The largest absolute Gasteiger partial charge is 0.321 e. The van der Waals surface area contributed by atoms with Crippen LogP contribution >= 0.6 is 11.6 Å². The molecule has 2 N–H and O–H groups in total. The van der Waals surface area contributed by atoms with Gasteiger partial charge in [-0.15, -0.1) is 0 Å². The molecule has 1 aliphatic rings. The highest BCUT2D eigenvalue weighted by Crippen LogP contribution is 2.44. The van der Waals surface area contributed by atoms with E-state index in [0.29, 0.717) is 5.02 Å². The third-order valence-electron chi connectivity index (χ3n) is 2.10. The molecule has 0 atom stereocenters. The van der Waals surface area contributed by atoms with Crippen LogP contribution in [0.25, 0.3) is 0 Å². The molecule has 2 rings (SSSR count). The molecule has 0 unspecified atom stereocenters. The lowest BCUT2D eigenvalue weighted by Gasteiger charge is -2.09. The molecule has 1 heterocycles. The Hall–Kier alpha value is -0.600. The lowest BCUT2D eigenvalue weighted by Crippen LogP contribution is -2.19. The normalized spacial score (nSPS) is 19.8. The predicted octanol–water partition coefficient (Wildman–Crippen LogP) is 1.68. The Labute approximate surface area is 70.4 Å². The summed E-state index contributed by atoms with van der Waals surface area (Å²) in [6.45, 7) is 0. The van der Waals surface area contributed by atoms with Crippen LogP contribution in [0.5, 0.6) is 0 Å². The maximum Gasteiger partial charge on any atom is 0.0639 e. The maximum atomic E-state index is 5.96. The molecule has 0 amide bonds. The van der Waals surface area contributed by atoms with E-state index in [2.05, 4.69) is 4.98 Å². The van der Waals surface area contributed by atoms with Gasteiger partial charge in [0.25, 0.3) is 0 Å². The van der Waals surface area contributed by atoms with E-state index in [1.165, 1.54) is 0 Å². The number of pyridine rings is 1. The Morgan fingerprint density at radius 3 is 2.82 bits per heavy atom. The van der Waals surface area contributed by atoms with Gasteiger partial charge in [-0.1, -0.05) is 11.6 Å². The molecule has 1 saturated carbocycles. The highest BCUT2D eigenvalue weighted by atomic mass is 35.5. The quantitative estimate of drug-likeness (QED) is 0.693. The summed E-state index contributed by atoms with van der Waals surface area (Å²) in [4.78, 5) is 3.90. The topological polar surface area (TPSA) is 38.9 Å². The van der Waals surface area contributed by atoms with E-state index in [1.54, 1.807) is 12.4 Å². The van der Waals surface area contributed by atoms with Crippen molar-refractivity contribution in [3.05, 3.63) is 29.0 Å². The third kappa shape index (κ3) is 1.12. The molecule has 0 bridgehead atoms. The average Bonchev–Trinajstić information content (AvgIpc) is 2.70. The predicted molar refractivity (Wildman–Crippen MR) is 44.3 cm³/mol. The highest BCUT2D eigenvalue weighted by Gasteiger charge is 2.41. The Balaban J connectivity index is 2.45. The number of aromatic nitrogens is 1. The van der Waals surface area contributed by atoms with Crippen LogP contribution in [0.15, 0.2) is 18.5 Å². The number of nitrogens with zero attached hydrogens (tertiary/aromatic N) is 1. The van der Waals surface area contributed by atoms with Gasteiger partial charge in [0.2, 0.25) is 0 Å². The van der Waals surface area contributed by atoms with E-state index in [0.717, 1.165) is 18.4 Å². The zero-order valence-electron chi connectivity index (χ0n) is 6.05. The monoisotopic (exact) mass is 168 g/mol. The highest BCUT2D eigenvalue weighted by molar-refractivity contribution is 6.31. The minimum Gasteiger partial charge on any atom is -0.321 e. The van der Waals surface area contributed by atoms with Gasteiger partial charge >= 0.3 is 0 Å². The first-order chi connectivity index (χ1) is 5.22. The number of rotatable bonds is 1. The van der Waals surface area contributed by atoms with Crippen LogP contribution in [0.2, 0.25) is 5.02 Å². The smallest absolute Gasteiger partial charge is 0.0639 e. The molecular weight excluding hydrogens is 160 g/mol. The molecule has 11 heavy (non-hydrogen) atoms. The Kier molecular flexibility index (Phi) is 1.41. The minimum atomic E-state index is -0.139. The van der Waals surface area contributed by atoms with Crippen LogP contribution in [-0.4, -0.2) is 4.98 Å². The molecular formula is C8H9ClN2. The van der Waals surface area contributed by atoms with Crippen molar-refractivity contribution in [1.82, 2.24) is 4.98 Å². The van der Waals surface area contributed by atoms with E-state index in [9.17, 15) is 0 Å². The maximum absolute atomic E-state index is 5.96. The van der Waals surface area contributed by atoms with E-state index < -0.39 is 0 Å². The first-order valence-corrected chi connectivity index (χ1v) is 3.99. The van der Waals surface area contributed by atoms with Gasteiger partial charge in [-0.2, -0.15) is 0 Å². The summed E-state index contributed by atoms with van der Waals surface area (Å²) in [6, 6.07) is 1.90. The summed E-state index contributed by atoms with van der Waals surface area (Å²) >= 11 is 5.91. The van der Waals surface area contributed by atoms with Crippen molar-refractivity contribution in [2.75, 3.05) is 0 Å². The fourth-order valence-electron chi connectivity index (χ4n) is 1.18. The van der Waals surface area contributed by atoms with Crippen molar-refractivity contribution in [3.63, 3.8) is 0 Å². The van der Waals surface area contributed by atoms with Gasteiger partial charge in [0.05, 0.1) is 5.02 Å². The summed E-state index contributed by atoms with van der Waals surface area (Å²) in [5.41, 5.74) is 6.85. The van der Waals surface area contributed by atoms with Crippen molar-refractivity contribution >= 4 is 11.6 Å². The molecule has 0 spiro atoms. The van der Waals surface area contributed by atoms with Gasteiger partial charge in [0, 0.05) is 17.9 Å². The molecule has 1 aromatic heterocycles. The Morgan fingerprint density at radius 2 is 2.27 bits per heavy atom. The van der Waals surface area contributed by atoms with Crippen LogP contribution in [0.3, 0.4) is 0 Å². The van der Waals surface area contributed by atoms with E-state index in [-0.39, 0.29) is 5.54 Å². The molecule has 0 saturated heterocycles. The number of nitrogens with two attached hydrogens (primary N) is 1. The Morgan fingerprint density at radius 1 is 1.55 bits per heavy atom. The first-order valence-electron chi connectivity index (χ1n) is 3.61. The van der Waals surface area contributed by atoms with Crippen molar-refractivity contribution in [1.29, 1.82) is 0 Å². The van der Waals surface area contributed by atoms with Crippen LogP contribution in [0, 0.1) is 0 Å². The summed E-state index contributed by atoms with van der Waals surface area (Å²) in [5.74, 6) is 0. The van der Waals surface area contributed by atoms with Gasteiger partial charge in [-0.3, -0.25) is 4.98 Å². The van der Waals surface area contributed by atoms with Crippen LogP contribution in [0.4, 0.5) is 0 Å². The molecule has 1 aliphatic carbocycles. The molecule has 2 nitrogen and oxygen atoms in total. The summed E-state index contributed by atoms with van der Waals surface area (Å²) in [7, 11) is 0. The van der Waals surface area contributed by atoms with Crippen LogP contribution < -0.4 is 5.73 Å². The summed E-state index contributed by atoms with van der Waals surface area (Å²) in [6.07, 6.45) is 5.45. The third-order valence-corrected chi connectivity index (χ3v) is 2.40. The van der Waals surface area contributed by atoms with Crippen LogP contribution in [-0.2, 0) is 5.54 Å². The van der Waals surface area contributed by atoms with Crippen molar-refractivity contribution in [3.8, 4) is 0 Å². The van der Waals surface area contributed by atoms with Crippen molar-refractivity contribution in [2.45, 2.75) is 18.4 Å². The van der Waals surface area contributed by atoms with Crippen LogP contribution in [0.1, 0.15) is 18.4 Å². The second kappa shape index (κ2) is 2.19. The number of hydrogen-bond donors (Lipinski definition) is 1. The minimum absolute atomic E-state index is 0.139. The number of halogens is 1. The molecule has 58 valence electrons. The van der Waals surface area contributed by atoms with Gasteiger partial charge < -0.3 is 5.73 Å². The molecule has 0 aliphatic heterocycles. The standard InChI is InChI=1S/C8H9ClN2/c9-7-5-11-4-1-6(7)8(10)2-3-8/h1,4-5H,2-3,10H2. The molecule has 0 radical (unpaired) electrons. The van der Waals surface area contributed by atoms with E-state index >= 15 is 0 Å². The summed E-state index contributed by atoms with van der Waals surface area (Å²) in [5, 5.41) is 0.688. The van der Waals surface area contributed by atoms with E-state index in [1.807, 2.05) is 6.07 Å². The van der Waals surface area contributed by atoms with Crippen molar-refractivity contribution < 1.29 is 0 Å². The number of hydrogen-bond acceptors (Lipinski definition) is 2. The Bertz CT molecular complexity index is 281. The zero-order valence-corrected chi connectivity index (χ0v) is 6.80. The van der Waals surface area contributed by atoms with Gasteiger partial charge in [-0.25, -0.2) is 0 Å². The first kappa shape index (κ1) is 7.07. The summed E-state index contributed by atoms with van der Waals surface area (Å²) < 4.78 is 0. The zero-order chi connectivity index (χ0) is 7.90. The second-order valence-electron chi connectivity index (χ2n) is 3.01. The van der Waals surface area contributed by atoms with Gasteiger partial charge in [0.15, 0.2) is 0 Å². The lowest BCUT2D eigenvalue weighted by atomic mass is 10.1.